The summed E-state index contributed by atoms with van der Waals surface area (Å²) in [7, 11) is 0. The molecule has 0 saturated carbocycles. The zero-order valence-electron chi connectivity index (χ0n) is 13.6. The van der Waals surface area contributed by atoms with Gasteiger partial charge in [0.1, 0.15) is 4.83 Å². The van der Waals surface area contributed by atoms with Crippen molar-refractivity contribution in [1.29, 1.82) is 0 Å². The van der Waals surface area contributed by atoms with Gasteiger partial charge in [0.2, 0.25) is 0 Å². The highest BCUT2D eigenvalue weighted by Gasteiger charge is 2.23. The number of fused-ring (bicyclic) bond motifs is 3. The van der Waals surface area contributed by atoms with Gasteiger partial charge in [-0.15, -0.1) is 11.3 Å². The minimum Gasteiger partial charge on any atom is -0.284 e. The molecule has 120 valence electrons. The monoisotopic (exact) mass is 336 g/mol. The van der Waals surface area contributed by atoms with Crippen LogP contribution < -0.4 is 5.56 Å². The quantitative estimate of drug-likeness (QED) is 0.580. The zero-order valence-corrected chi connectivity index (χ0v) is 15.3. The first kappa shape index (κ1) is 16.1. The van der Waals surface area contributed by atoms with Crippen molar-refractivity contribution < 1.29 is 0 Å². The van der Waals surface area contributed by atoms with E-state index in [9.17, 15) is 4.79 Å². The predicted octanol–water partition coefficient (Wildman–Crippen LogP) is 4.81. The molecule has 22 heavy (non-hydrogen) atoms. The first-order chi connectivity index (χ1) is 10.7. The number of rotatable bonds is 5. The molecule has 2 aromatic heterocycles. The van der Waals surface area contributed by atoms with Gasteiger partial charge >= 0.3 is 0 Å². The summed E-state index contributed by atoms with van der Waals surface area (Å²) in [6.07, 6.45) is 6.68. The Morgan fingerprint density at radius 2 is 2.09 bits per heavy atom. The molecule has 0 aliphatic heterocycles. The van der Waals surface area contributed by atoms with Crippen LogP contribution in [0.3, 0.4) is 0 Å². The van der Waals surface area contributed by atoms with Gasteiger partial charge < -0.3 is 0 Å². The first-order valence-corrected chi connectivity index (χ1v) is 10.2. The number of hydrogen-bond acceptors (Lipinski definition) is 4. The summed E-state index contributed by atoms with van der Waals surface area (Å²) in [6.45, 7) is 6.43. The largest absolute Gasteiger partial charge is 0.284 e. The Morgan fingerprint density at radius 3 is 2.82 bits per heavy atom. The second-order valence-corrected chi connectivity index (χ2v) is 8.21. The Balaban J connectivity index is 2.23. The van der Waals surface area contributed by atoms with Gasteiger partial charge in [-0.05, 0) is 51.0 Å². The van der Waals surface area contributed by atoms with Crippen LogP contribution in [0.4, 0.5) is 0 Å². The van der Waals surface area contributed by atoms with Crippen molar-refractivity contribution in [1.82, 2.24) is 9.55 Å². The Labute approximate surface area is 140 Å². The highest BCUT2D eigenvalue weighted by molar-refractivity contribution is 7.99. The molecule has 0 spiro atoms. The van der Waals surface area contributed by atoms with Gasteiger partial charge in [-0.3, -0.25) is 9.36 Å². The molecule has 0 N–H and O–H groups in total. The molecule has 1 unspecified atom stereocenters. The van der Waals surface area contributed by atoms with Gasteiger partial charge in [0.15, 0.2) is 5.16 Å². The third kappa shape index (κ3) is 2.73. The van der Waals surface area contributed by atoms with E-state index in [0.717, 1.165) is 46.8 Å². The highest BCUT2D eigenvalue weighted by atomic mass is 32.2. The van der Waals surface area contributed by atoms with Crippen LogP contribution in [-0.2, 0) is 12.8 Å². The smallest absolute Gasteiger partial charge is 0.263 e. The van der Waals surface area contributed by atoms with E-state index in [1.54, 1.807) is 23.1 Å². The number of thiophene rings is 1. The first-order valence-electron chi connectivity index (χ1n) is 8.36. The minimum atomic E-state index is 0.192. The van der Waals surface area contributed by atoms with Crippen molar-refractivity contribution in [3.8, 4) is 0 Å². The Kier molecular flexibility index (Phi) is 4.93. The lowest BCUT2D eigenvalue weighted by atomic mass is 9.97. The molecule has 2 aromatic rings. The van der Waals surface area contributed by atoms with Crippen LogP contribution in [0.1, 0.15) is 62.9 Å². The van der Waals surface area contributed by atoms with E-state index in [2.05, 4.69) is 20.8 Å². The maximum atomic E-state index is 13.2. The lowest BCUT2D eigenvalue weighted by molar-refractivity contribution is 0.468. The molecule has 0 fully saturated rings. The fourth-order valence-corrected chi connectivity index (χ4v) is 5.32. The van der Waals surface area contributed by atoms with Gasteiger partial charge in [0.05, 0.1) is 5.39 Å². The van der Waals surface area contributed by atoms with E-state index in [1.165, 1.54) is 23.3 Å². The summed E-state index contributed by atoms with van der Waals surface area (Å²) in [5.41, 5.74) is 1.49. The van der Waals surface area contributed by atoms with Crippen molar-refractivity contribution in [3.63, 3.8) is 0 Å². The lowest BCUT2D eigenvalue weighted by Crippen LogP contribution is -2.26. The summed E-state index contributed by atoms with van der Waals surface area (Å²) in [5.74, 6) is 1.01. The average Bonchev–Trinajstić information content (AvgIpc) is 2.90. The lowest BCUT2D eigenvalue weighted by Gasteiger charge is -2.18. The standard InChI is InChI=1S/C17H24N2OS2/c1-4-10-21-17-18-15-14(16(20)19(17)11(3)5-2)12-8-6-7-9-13(12)22-15/h11H,4-10H2,1-3H3. The predicted molar refractivity (Wildman–Crippen MR) is 96.5 cm³/mol. The van der Waals surface area contributed by atoms with Gasteiger partial charge in [0.25, 0.3) is 5.56 Å². The Hall–Kier alpha value is -0.810. The van der Waals surface area contributed by atoms with Gasteiger partial charge in [-0.1, -0.05) is 25.6 Å². The molecule has 0 amide bonds. The van der Waals surface area contributed by atoms with Crippen LogP contribution in [0.5, 0.6) is 0 Å². The van der Waals surface area contributed by atoms with Crippen LogP contribution in [0.15, 0.2) is 9.95 Å². The molecular formula is C17H24N2OS2. The second kappa shape index (κ2) is 6.75. The molecule has 2 heterocycles. The normalized spacial score (nSPS) is 16.0. The van der Waals surface area contributed by atoms with Gasteiger partial charge in [-0.2, -0.15) is 0 Å². The molecule has 0 saturated heterocycles. The van der Waals surface area contributed by atoms with Crippen LogP contribution in [0.2, 0.25) is 0 Å². The van der Waals surface area contributed by atoms with Crippen LogP contribution >= 0.6 is 23.1 Å². The fraction of sp³-hybridized carbons (Fsp3) is 0.647. The third-order valence-electron chi connectivity index (χ3n) is 4.46. The molecular weight excluding hydrogens is 312 g/mol. The van der Waals surface area contributed by atoms with Crippen molar-refractivity contribution in [2.75, 3.05) is 5.75 Å². The number of thioether (sulfide) groups is 1. The third-order valence-corrected chi connectivity index (χ3v) is 6.80. The average molecular weight is 337 g/mol. The summed E-state index contributed by atoms with van der Waals surface area (Å²) < 4.78 is 1.95. The molecule has 0 bridgehead atoms. The van der Waals surface area contributed by atoms with Gasteiger partial charge in [-0.25, -0.2) is 4.98 Å². The SMILES string of the molecule is CCCSc1nc2sc3c(c2c(=O)n1C(C)CC)CCCC3. The summed E-state index contributed by atoms with van der Waals surface area (Å²) in [4.78, 5) is 20.4. The van der Waals surface area contributed by atoms with Crippen LogP contribution in [0.25, 0.3) is 10.2 Å². The molecule has 3 rings (SSSR count). The number of nitrogens with zero attached hydrogens (tertiary/aromatic N) is 2. The van der Waals surface area contributed by atoms with Crippen molar-refractivity contribution in [2.45, 2.75) is 70.5 Å². The van der Waals surface area contributed by atoms with E-state index < -0.39 is 0 Å². The molecule has 1 atom stereocenters. The number of hydrogen-bond donors (Lipinski definition) is 0. The number of aryl methyl sites for hydroxylation is 2. The van der Waals surface area contributed by atoms with E-state index in [0.29, 0.717) is 0 Å². The summed E-state index contributed by atoms with van der Waals surface area (Å²) >= 11 is 3.48. The summed E-state index contributed by atoms with van der Waals surface area (Å²) in [6, 6.07) is 0.211. The van der Waals surface area contributed by atoms with Crippen LogP contribution in [-0.4, -0.2) is 15.3 Å². The number of aromatic nitrogens is 2. The fourth-order valence-electron chi connectivity index (χ4n) is 3.07. The Bertz CT molecular complexity index is 732. The Morgan fingerprint density at radius 1 is 1.32 bits per heavy atom. The topological polar surface area (TPSA) is 34.9 Å². The summed E-state index contributed by atoms with van der Waals surface area (Å²) in [5, 5.41) is 1.83. The molecule has 0 radical (unpaired) electrons. The van der Waals surface area contributed by atoms with Crippen molar-refractivity contribution >= 4 is 33.3 Å². The highest BCUT2D eigenvalue weighted by Crippen LogP contribution is 2.35. The molecule has 0 aromatic carbocycles. The second-order valence-electron chi connectivity index (χ2n) is 6.07. The van der Waals surface area contributed by atoms with E-state index in [4.69, 9.17) is 4.98 Å². The molecule has 3 nitrogen and oxygen atoms in total. The minimum absolute atomic E-state index is 0.192. The van der Waals surface area contributed by atoms with E-state index in [-0.39, 0.29) is 11.6 Å². The van der Waals surface area contributed by atoms with E-state index in [1.807, 2.05) is 4.57 Å². The van der Waals surface area contributed by atoms with E-state index >= 15 is 0 Å². The van der Waals surface area contributed by atoms with Gasteiger partial charge in [0, 0.05) is 16.7 Å². The maximum Gasteiger partial charge on any atom is 0.263 e. The van der Waals surface area contributed by atoms with Crippen molar-refractivity contribution in [3.05, 3.63) is 20.8 Å². The molecule has 5 heteroatoms. The maximum absolute atomic E-state index is 13.2. The molecule has 1 aliphatic rings. The zero-order chi connectivity index (χ0) is 15.7. The molecule has 1 aliphatic carbocycles. The van der Waals surface area contributed by atoms with Crippen LogP contribution in [0, 0.1) is 0 Å². The van der Waals surface area contributed by atoms with Crippen molar-refractivity contribution in [2.24, 2.45) is 0 Å².